The number of rotatable bonds is 2. The van der Waals surface area contributed by atoms with Crippen LogP contribution in [0.15, 0.2) is 36.5 Å². The number of halogens is 2. The van der Waals surface area contributed by atoms with Crippen LogP contribution in [0.3, 0.4) is 0 Å². The van der Waals surface area contributed by atoms with Crippen molar-refractivity contribution in [2.75, 3.05) is 17.7 Å². The second-order valence-corrected chi connectivity index (χ2v) is 3.94. The van der Waals surface area contributed by atoms with Gasteiger partial charge in [-0.25, -0.2) is 13.8 Å². The van der Waals surface area contributed by atoms with E-state index in [9.17, 15) is 13.6 Å². The predicted octanol–water partition coefficient (Wildman–Crippen LogP) is 2.22. The van der Waals surface area contributed by atoms with E-state index in [2.05, 4.69) is 4.98 Å². The van der Waals surface area contributed by atoms with Crippen molar-refractivity contribution in [2.24, 2.45) is 0 Å². The van der Waals surface area contributed by atoms with Crippen molar-refractivity contribution < 1.29 is 13.6 Å². The molecule has 0 saturated carbocycles. The van der Waals surface area contributed by atoms with Crippen molar-refractivity contribution in [3.63, 3.8) is 0 Å². The first-order valence-corrected chi connectivity index (χ1v) is 5.43. The lowest BCUT2D eigenvalue weighted by Crippen LogP contribution is -2.28. The van der Waals surface area contributed by atoms with Gasteiger partial charge in [-0.15, -0.1) is 0 Å². The molecule has 98 valence electrons. The molecule has 0 aliphatic carbocycles. The molecule has 0 atom stereocenters. The second kappa shape index (κ2) is 5.01. The van der Waals surface area contributed by atoms with Crippen LogP contribution in [0.2, 0.25) is 0 Å². The third kappa shape index (κ3) is 2.67. The van der Waals surface area contributed by atoms with E-state index in [1.807, 2.05) is 0 Å². The van der Waals surface area contributed by atoms with Crippen LogP contribution in [0.4, 0.5) is 20.3 Å². The fourth-order valence-corrected chi connectivity index (χ4v) is 1.54. The highest BCUT2D eigenvalue weighted by molar-refractivity contribution is 6.05. The van der Waals surface area contributed by atoms with Crippen LogP contribution in [0, 0.1) is 11.6 Å². The van der Waals surface area contributed by atoms with Crippen LogP contribution in [0.25, 0.3) is 0 Å². The number of nitrogen functional groups attached to an aromatic ring is 1. The molecule has 0 saturated heterocycles. The minimum Gasteiger partial charge on any atom is -0.397 e. The number of amides is 1. The maximum atomic E-state index is 13.5. The molecule has 0 bridgehead atoms. The summed E-state index contributed by atoms with van der Waals surface area (Å²) in [7, 11) is 1.42. The molecule has 2 N–H and O–H groups in total. The molecule has 2 rings (SSSR count). The zero-order chi connectivity index (χ0) is 14.0. The van der Waals surface area contributed by atoms with Crippen LogP contribution < -0.4 is 10.6 Å². The number of nitrogens with zero attached hydrogens (tertiary/aromatic N) is 2. The van der Waals surface area contributed by atoms with Gasteiger partial charge in [0.15, 0.2) is 0 Å². The summed E-state index contributed by atoms with van der Waals surface area (Å²) in [5.74, 6) is -1.85. The Hall–Kier alpha value is -2.50. The van der Waals surface area contributed by atoms with E-state index in [4.69, 9.17) is 5.73 Å². The molecule has 19 heavy (non-hydrogen) atoms. The van der Waals surface area contributed by atoms with E-state index >= 15 is 0 Å². The minimum absolute atomic E-state index is 0.294. The Morgan fingerprint density at radius 1 is 1.26 bits per heavy atom. The number of hydrogen-bond acceptors (Lipinski definition) is 3. The summed E-state index contributed by atoms with van der Waals surface area (Å²) < 4.78 is 26.6. The van der Waals surface area contributed by atoms with Gasteiger partial charge in [-0.1, -0.05) is 0 Å². The summed E-state index contributed by atoms with van der Waals surface area (Å²) in [6, 6.07) is 5.80. The predicted molar refractivity (Wildman–Crippen MR) is 67.7 cm³/mol. The maximum absolute atomic E-state index is 13.5. The van der Waals surface area contributed by atoms with E-state index in [-0.39, 0.29) is 5.56 Å². The highest BCUT2D eigenvalue weighted by atomic mass is 19.1. The second-order valence-electron chi connectivity index (χ2n) is 3.94. The monoisotopic (exact) mass is 263 g/mol. The number of benzene rings is 1. The van der Waals surface area contributed by atoms with E-state index in [1.165, 1.54) is 19.3 Å². The molecule has 0 aliphatic rings. The zero-order valence-electron chi connectivity index (χ0n) is 10.1. The van der Waals surface area contributed by atoms with Crippen molar-refractivity contribution in [2.45, 2.75) is 0 Å². The van der Waals surface area contributed by atoms with E-state index in [1.54, 1.807) is 6.07 Å². The molecule has 1 amide bonds. The molecule has 1 aromatic carbocycles. The van der Waals surface area contributed by atoms with Crippen molar-refractivity contribution in [1.29, 1.82) is 0 Å². The summed E-state index contributed by atoms with van der Waals surface area (Å²) in [5.41, 5.74) is 5.58. The van der Waals surface area contributed by atoms with Crippen molar-refractivity contribution in [1.82, 2.24) is 4.98 Å². The number of anilines is 2. The molecule has 1 aromatic heterocycles. The topological polar surface area (TPSA) is 59.2 Å². The van der Waals surface area contributed by atoms with Crippen LogP contribution in [-0.4, -0.2) is 17.9 Å². The Morgan fingerprint density at radius 2 is 2.00 bits per heavy atom. The lowest BCUT2D eigenvalue weighted by molar-refractivity contribution is 0.0988. The summed E-state index contributed by atoms with van der Waals surface area (Å²) in [5, 5.41) is 0. The zero-order valence-corrected chi connectivity index (χ0v) is 10.1. The first-order valence-electron chi connectivity index (χ1n) is 5.43. The van der Waals surface area contributed by atoms with Gasteiger partial charge in [0, 0.05) is 7.05 Å². The fourth-order valence-electron chi connectivity index (χ4n) is 1.54. The van der Waals surface area contributed by atoms with Gasteiger partial charge in [-0.2, -0.15) is 0 Å². The molecule has 0 radical (unpaired) electrons. The van der Waals surface area contributed by atoms with Gasteiger partial charge in [-0.05, 0) is 30.3 Å². The Morgan fingerprint density at radius 3 is 2.63 bits per heavy atom. The van der Waals surface area contributed by atoms with Gasteiger partial charge in [0.1, 0.15) is 17.5 Å². The molecular weight excluding hydrogens is 252 g/mol. The molecule has 0 spiro atoms. The van der Waals surface area contributed by atoms with Gasteiger partial charge >= 0.3 is 0 Å². The highest BCUT2D eigenvalue weighted by Gasteiger charge is 2.18. The van der Waals surface area contributed by atoms with Gasteiger partial charge in [0.25, 0.3) is 5.91 Å². The molecular formula is C13H11F2N3O. The third-order valence-corrected chi connectivity index (χ3v) is 2.58. The van der Waals surface area contributed by atoms with Gasteiger partial charge < -0.3 is 5.73 Å². The lowest BCUT2D eigenvalue weighted by Gasteiger charge is -2.16. The van der Waals surface area contributed by atoms with Crippen molar-refractivity contribution >= 4 is 17.4 Å². The molecule has 0 fully saturated rings. The van der Waals surface area contributed by atoms with Crippen molar-refractivity contribution in [3.05, 3.63) is 53.7 Å². The summed E-state index contributed by atoms with van der Waals surface area (Å²) in [6.45, 7) is 0. The SMILES string of the molecule is CN(C(=O)c1cc(F)ccc1F)c1ccc(N)cn1. The quantitative estimate of drug-likeness (QED) is 0.903. The molecule has 4 nitrogen and oxygen atoms in total. The Balaban J connectivity index is 2.33. The van der Waals surface area contributed by atoms with E-state index in [0.717, 1.165) is 23.1 Å². The van der Waals surface area contributed by atoms with E-state index < -0.39 is 17.5 Å². The summed E-state index contributed by atoms with van der Waals surface area (Å²) in [6.07, 6.45) is 1.38. The normalized spacial score (nSPS) is 10.3. The smallest absolute Gasteiger partial charge is 0.262 e. The minimum atomic E-state index is -0.784. The molecule has 0 unspecified atom stereocenters. The number of pyridine rings is 1. The highest BCUT2D eigenvalue weighted by Crippen LogP contribution is 2.16. The fraction of sp³-hybridized carbons (Fsp3) is 0.0769. The van der Waals surface area contributed by atoms with Gasteiger partial charge in [0.2, 0.25) is 0 Å². The Labute approximate surface area is 108 Å². The first kappa shape index (κ1) is 12.9. The molecule has 6 heteroatoms. The number of hydrogen-bond donors (Lipinski definition) is 1. The maximum Gasteiger partial charge on any atom is 0.262 e. The number of nitrogens with two attached hydrogens (primary N) is 1. The molecule has 0 aliphatic heterocycles. The molecule has 1 heterocycles. The van der Waals surface area contributed by atoms with E-state index in [0.29, 0.717) is 11.5 Å². The van der Waals surface area contributed by atoms with Crippen LogP contribution in [-0.2, 0) is 0 Å². The average molecular weight is 263 g/mol. The van der Waals surface area contributed by atoms with Crippen LogP contribution in [0.5, 0.6) is 0 Å². The first-order chi connectivity index (χ1) is 8.99. The van der Waals surface area contributed by atoms with Crippen LogP contribution >= 0.6 is 0 Å². The Kier molecular flexibility index (Phi) is 3.41. The number of aromatic nitrogens is 1. The largest absolute Gasteiger partial charge is 0.397 e. The summed E-state index contributed by atoms with van der Waals surface area (Å²) >= 11 is 0. The molecule has 2 aromatic rings. The van der Waals surface area contributed by atoms with Crippen molar-refractivity contribution in [3.8, 4) is 0 Å². The Bertz CT molecular complexity index is 614. The van der Waals surface area contributed by atoms with Gasteiger partial charge in [0.05, 0.1) is 17.4 Å². The van der Waals surface area contributed by atoms with Crippen LogP contribution in [0.1, 0.15) is 10.4 Å². The lowest BCUT2D eigenvalue weighted by atomic mass is 10.2. The standard InChI is InChI=1S/C13H11F2N3O/c1-18(12-5-3-9(16)7-17-12)13(19)10-6-8(14)2-4-11(10)15/h2-7H,16H2,1H3. The summed E-state index contributed by atoms with van der Waals surface area (Å²) in [4.78, 5) is 17.1. The number of carbonyl (C=O) groups is 1. The average Bonchev–Trinajstić information content (AvgIpc) is 2.41. The number of carbonyl (C=O) groups excluding carboxylic acids is 1. The third-order valence-electron chi connectivity index (χ3n) is 2.58. The van der Waals surface area contributed by atoms with Gasteiger partial charge in [-0.3, -0.25) is 9.69 Å².